The van der Waals surface area contributed by atoms with E-state index >= 15 is 0 Å². The van der Waals surface area contributed by atoms with Crippen molar-refractivity contribution in [1.82, 2.24) is 4.98 Å². The molecule has 7 atom stereocenters. The van der Waals surface area contributed by atoms with Gasteiger partial charge < -0.3 is 19.8 Å². The molecule has 1 saturated heterocycles. The minimum Gasteiger partial charge on any atom is -0.483 e. The van der Waals surface area contributed by atoms with Crippen LogP contribution in [-0.4, -0.2) is 47.1 Å². The summed E-state index contributed by atoms with van der Waals surface area (Å²) < 4.78 is 25.3. The van der Waals surface area contributed by atoms with Crippen molar-refractivity contribution in [2.75, 3.05) is 23.4 Å². The highest BCUT2D eigenvalue weighted by Crippen LogP contribution is 2.69. The van der Waals surface area contributed by atoms with Crippen LogP contribution in [0.3, 0.4) is 0 Å². The van der Waals surface area contributed by atoms with Gasteiger partial charge in [0.1, 0.15) is 11.6 Å². The number of imide groups is 1. The highest BCUT2D eigenvalue weighted by atomic mass is 79.9. The van der Waals surface area contributed by atoms with Crippen molar-refractivity contribution in [3.8, 4) is 5.75 Å². The van der Waals surface area contributed by atoms with E-state index in [2.05, 4.69) is 26.2 Å². The number of aromatic nitrogens is 1. The predicted octanol–water partition coefficient (Wildman–Crippen LogP) is 6.21. The van der Waals surface area contributed by atoms with Gasteiger partial charge in [0, 0.05) is 31.8 Å². The second-order valence-corrected chi connectivity index (χ2v) is 15.9. The average Bonchev–Trinajstić information content (AvgIpc) is 3.84. The van der Waals surface area contributed by atoms with Gasteiger partial charge in [-0.05, 0) is 97.8 Å². The molecular formula is C36H29BrFN3O7S2. The van der Waals surface area contributed by atoms with Crippen molar-refractivity contribution in [2.24, 2.45) is 29.6 Å². The van der Waals surface area contributed by atoms with Crippen LogP contribution in [0, 0.1) is 35.4 Å². The van der Waals surface area contributed by atoms with Crippen molar-refractivity contribution < 1.29 is 33.0 Å². The number of benzene rings is 3. The van der Waals surface area contributed by atoms with E-state index in [-0.39, 0.29) is 58.8 Å². The van der Waals surface area contributed by atoms with Crippen LogP contribution < -0.4 is 19.8 Å². The molecule has 14 heteroatoms. The van der Waals surface area contributed by atoms with E-state index in [4.69, 9.17) is 9.47 Å². The molecule has 2 bridgehead atoms. The highest BCUT2D eigenvalue weighted by Gasteiger charge is 2.70. The third-order valence-corrected chi connectivity index (χ3v) is 13.2. The molecule has 4 aliphatic rings. The Balaban J connectivity index is 1.11. The van der Waals surface area contributed by atoms with Gasteiger partial charge in [0.25, 0.3) is 5.91 Å². The minimum absolute atomic E-state index is 0.0551. The van der Waals surface area contributed by atoms with E-state index in [0.717, 1.165) is 31.3 Å². The molecule has 3 heterocycles. The van der Waals surface area contributed by atoms with Crippen LogP contribution in [-0.2, 0) is 19.1 Å². The topological polar surface area (TPSA) is 135 Å². The maximum absolute atomic E-state index is 14.2. The SMILES string of the molecule is CCOC(=O)c1ccc(N2C(=O)C3C(C2=O)[C@@H]2C[C@H]3C3Sc4[nH]c(=O)sc4[C@H](c4cc(Br)ccc4OCC(=O)Nc4ccc(F)cc4)C32)cc1. The zero-order valence-corrected chi connectivity index (χ0v) is 29.6. The number of halogens is 2. The van der Waals surface area contributed by atoms with Crippen LogP contribution in [0.5, 0.6) is 5.75 Å². The zero-order chi connectivity index (χ0) is 34.8. The van der Waals surface area contributed by atoms with Crippen molar-refractivity contribution in [1.29, 1.82) is 0 Å². The molecule has 2 aliphatic carbocycles. The normalized spacial score (nSPS) is 26.0. The molecule has 2 N–H and O–H groups in total. The Morgan fingerprint density at radius 2 is 1.72 bits per heavy atom. The van der Waals surface area contributed by atoms with Crippen LogP contribution in [0.1, 0.15) is 40.1 Å². The maximum atomic E-state index is 14.2. The van der Waals surface area contributed by atoms with E-state index in [1.54, 1.807) is 49.0 Å². The summed E-state index contributed by atoms with van der Waals surface area (Å²) >= 11 is 6.31. The van der Waals surface area contributed by atoms with E-state index in [9.17, 15) is 28.4 Å². The second-order valence-electron chi connectivity index (χ2n) is 12.8. The Labute approximate surface area is 301 Å². The Hall–Kier alpha value is -4.27. The maximum Gasteiger partial charge on any atom is 0.338 e. The lowest BCUT2D eigenvalue weighted by molar-refractivity contribution is -0.123. The number of hydrogen-bond acceptors (Lipinski definition) is 9. The fourth-order valence-electron chi connectivity index (χ4n) is 8.35. The van der Waals surface area contributed by atoms with E-state index in [1.165, 1.54) is 29.2 Å². The molecule has 0 spiro atoms. The lowest BCUT2D eigenvalue weighted by atomic mass is 9.68. The Bertz CT molecular complexity index is 2100. The average molecular weight is 779 g/mol. The molecule has 256 valence electrons. The van der Waals surface area contributed by atoms with Gasteiger partial charge in [-0.15, -0.1) is 11.8 Å². The summed E-state index contributed by atoms with van der Waals surface area (Å²) in [6, 6.07) is 17.3. The van der Waals surface area contributed by atoms with Gasteiger partial charge in [0.05, 0.1) is 34.7 Å². The number of carbonyl (C=O) groups excluding carboxylic acids is 4. The summed E-state index contributed by atoms with van der Waals surface area (Å²) in [6.45, 7) is 1.64. The Morgan fingerprint density at radius 3 is 2.44 bits per heavy atom. The van der Waals surface area contributed by atoms with Gasteiger partial charge in [0.2, 0.25) is 11.8 Å². The summed E-state index contributed by atoms with van der Waals surface area (Å²) in [4.78, 5) is 71.0. The molecule has 4 unspecified atom stereocenters. The first-order valence-electron chi connectivity index (χ1n) is 16.1. The van der Waals surface area contributed by atoms with Crippen LogP contribution in [0.25, 0.3) is 0 Å². The monoisotopic (exact) mass is 777 g/mol. The largest absolute Gasteiger partial charge is 0.483 e. The number of carbonyl (C=O) groups is 4. The lowest BCUT2D eigenvalue weighted by Gasteiger charge is -2.43. The van der Waals surface area contributed by atoms with Crippen molar-refractivity contribution in [3.63, 3.8) is 0 Å². The van der Waals surface area contributed by atoms with Gasteiger partial charge in [0.15, 0.2) is 6.61 Å². The number of hydrogen-bond donors (Lipinski definition) is 2. The molecule has 10 nitrogen and oxygen atoms in total. The molecule has 3 aromatic carbocycles. The number of nitrogens with one attached hydrogen (secondary N) is 2. The van der Waals surface area contributed by atoms with Crippen molar-refractivity contribution in [2.45, 2.75) is 29.5 Å². The van der Waals surface area contributed by atoms with Gasteiger partial charge in [-0.25, -0.2) is 9.18 Å². The number of thioether (sulfide) groups is 1. The summed E-state index contributed by atoms with van der Waals surface area (Å²) in [5, 5.41) is 3.40. The summed E-state index contributed by atoms with van der Waals surface area (Å²) in [5.74, 6) is -3.07. The van der Waals surface area contributed by atoms with E-state index in [1.807, 2.05) is 12.1 Å². The van der Waals surface area contributed by atoms with Gasteiger partial charge in [-0.1, -0.05) is 27.3 Å². The van der Waals surface area contributed by atoms with Gasteiger partial charge >= 0.3 is 10.8 Å². The number of rotatable bonds is 8. The Kier molecular flexibility index (Phi) is 8.43. The van der Waals surface area contributed by atoms with E-state index < -0.39 is 29.5 Å². The first-order valence-corrected chi connectivity index (χ1v) is 18.6. The first-order chi connectivity index (χ1) is 24.1. The summed E-state index contributed by atoms with van der Waals surface area (Å²) in [5.41, 5.74) is 1.95. The molecular weight excluding hydrogens is 749 g/mol. The van der Waals surface area contributed by atoms with Crippen LogP contribution in [0.2, 0.25) is 0 Å². The number of thiazole rings is 1. The fraction of sp³-hybridized carbons (Fsp3) is 0.306. The molecule has 2 aliphatic heterocycles. The quantitative estimate of drug-likeness (QED) is 0.159. The number of H-pyrrole nitrogens is 1. The first kappa shape index (κ1) is 32.9. The molecule has 0 radical (unpaired) electrons. The van der Waals surface area contributed by atoms with E-state index in [0.29, 0.717) is 29.1 Å². The van der Waals surface area contributed by atoms with Crippen molar-refractivity contribution >= 4 is 74.1 Å². The molecule has 50 heavy (non-hydrogen) atoms. The summed E-state index contributed by atoms with van der Waals surface area (Å²) in [6.07, 6.45) is 0.699. The standard InChI is InChI=1S/C36H29BrFN3O7S2/c1-2-47-35(45)16-3-10-20(11-4-16)41-33(43)28-22-14-23(29(28)34(41)44)30-27(22)26(31-32(49-30)40-36(46)50-31)21-13-17(37)5-12-24(21)48-15-25(42)39-19-8-6-18(38)7-9-19/h3-13,22-23,26-30H,2,14-15H2,1H3,(H,39,42)(H,40,46)/t22-,23-,26-,27?,28?,29?,30?/m1/s1. The predicted molar refractivity (Wildman–Crippen MR) is 188 cm³/mol. The fourth-order valence-corrected chi connectivity index (χ4v) is 11.6. The molecule has 4 aromatic rings. The zero-order valence-electron chi connectivity index (χ0n) is 26.4. The lowest BCUT2D eigenvalue weighted by Crippen LogP contribution is -2.42. The molecule has 8 rings (SSSR count). The van der Waals surface area contributed by atoms with Crippen LogP contribution in [0.15, 0.2) is 81.0 Å². The molecule has 3 fully saturated rings. The number of anilines is 2. The minimum atomic E-state index is -0.531. The number of aromatic amines is 1. The van der Waals surface area contributed by atoms with Crippen LogP contribution in [0.4, 0.5) is 15.8 Å². The molecule has 1 aromatic heterocycles. The third kappa shape index (κ3) is 5.48. The number of esters is 1. The third-order valence-electron chi connectivity index (χ3n) is 10.2. The molecule has 3 amide bonds. The smallest absolute Gasteiger partial charge is 0.338 e. The number of nitrogens with zero attached hydrogens (tertiary/aromatic N) is 1. The molecule has 2 saturated carbocycles. The van der Waals surface area contributed by atoms with Gasteiger partial charge in [-0.3, -0.25) is 24.1 Å². The number of amides is 3. The summed E-state index contributed by atoms with van der Waals surface area (Å²) in [7, 11) is 0. The number of ether oxygens (including phenoxy) is 2. The number of fused-ring (bicyclic) bond motifs is 9. The Morgan fingerprint density at radius 1 is 1.00 bits per heavy atom. The van der Waals surface area contributed by atoms with Crippen LogP contribution >= 0.6 is 39.0 Å². The second kappa shape index (κ2) is 12.8. The van der Waals surface area contributed by atoms with Gasteiger partial charge in [-0.2, -0.15) is 0 Å². The highest BCUT2D eigenvalue weighted by molar-refractivity contribution is 9.10. The van der Waals surface area contributed by atoms with Crippen molar-refractivity contribution in [3.05, 3.63) is 103 Å².